The lowest BCUT2D eigenvalue weighted by atomic mass is 10.1. The van der Waals surface area contributed by atoms with E-state index in [1.165, 1.54) is 25.7 Å². The minimum atomic E-state index is -4.81. The van der Waals surface area contributed by atoms with Crippen LogP contribution >= 0.6 is 7.82 Å². The number of esters is 2. The molecule has 52 heavy (non-hydrogen) atoms. The summed E-state index contributed by atoms with van der Waals surface area (Å²) in [4.78, 5) is 42.7. The highest BCUT2D eigenvalue weighted by Crippen LogP contribution is 2.36. The van der Waals surface area contributed by atoms with Gasteiger partial charge in [-0.15, -0.1) is 0 Å². The molecule has 0 aromatic rings. The Hall–Kier alpha value is -2.59. The summed E-state index contributed by atoms with van der Waals surface area (Å²) in [5, 5.41) is 20.0. The summed E-state index contributed by atoms with van der Waals surface area (Å²) < 4.78 is 26.2. The number of aliphatic hydroxyl groups is 2. The minimum absolute atomic E-state index is 0.0119. The number of phosphoric acid groups is 1. The Morgan fingerprint density at radius 3 is 1.69 bits per heavy atom. The van der Waals surface area contributed by atoms with Gasteiger partial charge in [-0.25, -0.2) is 4.57 Å². The van der Waals surface area contributed by atoms with Crippen molar-refractivity contribution in [2.24, 2.45) is 0 Å². The van der Waals surface area contributed by atoms with Crippen molar-refractivity contribution in [3.8, 4) is 0 Å². The molecule has 0 heterocycles. The van der Waals surface area contributed by atoms with Crippen LogP contribution in [-0.4, -0.2) is 63.5 Å². The van der Waals surface area contributed by atoms with Gasteiger partial charge >= 0.3 is 19.8 Å². The smallest absolute Gasteiger partial charge is 0.462 e. The number of hydrogen-bond donors (Lipinski definition) is 4. The monoisotopic (exact) mass is 752 g/mol. The predicted octanol–water partition coefficient (Wildman–Crippen LogP) is 9.45. The molecule has 4 N–H and O–H groups in total. The Labute approximate surface area is 314 Å². The molecular weight excluding hydrogens is 683 g/mol. The second kappa shape index (κ2) is 35.4. The van der Waals surface area contributed by atoms with Gasteiger partial charge in [-0.3, -0.25) is 14.1 Å². The molecule has 3 atom stereocenters. The van der Waals surface area contributed by atoms with E-state index in [1.54, 1.807) is 18.2 Å². The Balaban J connectivity index is 4.25. The van der Waals surface area contributed by atoms with Crippen molar-refractivity contribution >= 4 is 19.8 Å². The van der Waals surface area contributed by atoms with Crippen molar-refractivity contribution in [3.05, 3.63) is 72.9 Å². The fourth-order valence-corrected chi connectivity index (χ4v) is 5.29. The van der Waals surface area contributed by atoms with Gasteiger partial charge in [0.25, 0.3) is 0 Å². The molecule has 0 radical (unpaired) electrons. The molecule has 0 aliphatic rings. The zero-order valence-electron chi connectivity index (χ0n) is 31.9. The predicted molar refractivity (Wildman–Crippen MR) is 209 cm³/mol. The Bertz CT molecular complexity index is 1100. The Morgan fingerprint density at radius 1 is 0.596 bits per heavy atom. The van der Waals surface area contributed by atoms with Crippen molar-refractivity contribution in [1.82, 2.24) is 0 Å². The number of unbranched alkanes of at least 4 members (excludes halogenated alkanes) is 11. The van der Waals surface area contributed by atoms with Crippen molar-refractivity contribution < 1.29 is 48.2 Å². The van der Waals surface area contributed by atoms with Gasteiger partial charge in [-0.1, -0.05) is 145 Å². The van der Waals surface area contributed by atoms with Crippen LogP contribution in [0.4, 0.5) is 0 Å². The standard InChI is InChI=1S/C41H69O10P/c1-3-5-7-8-9-10-11-12-13-14-15-16-20-23-27-33-41(45)51-39(36-50-52(46,47)48)35-49-40(44)34-28-32-38(43)31-26-22-19-17-18-21-25-30-37(42)29-24-6-4-2/h10-13,18-19,21-22,25-26,30-31,37-39,42-43H,3-9,14-17,20,23-24,27-29,32-36H2,1-2H3,(H2,46,47,48)/b11-10-,13-12-,21-18-,22-19-,30-25+,31-26+/t37-,38-,39+/m0/s1. The molecule has 0 saturated carbocycles. The van der Waals surface area contributed by atoms with E-state index in [4.69, 9.17) is 19.3 Å². The van der Waals surface area contributed by atoms with Crippen LogP contribution in [0.15, 0.2) is 72.9 Å². The van der Waals surface area contributed by atoms with E-state index in [9.17, 15) is 24.4 Å². The van der Waals surface area contributed by atoms with Crippen LogP contribution in [0, 0.1) is 0 Å². The highest BCUT2D eigenvalue weighted by Gasteiger charge is 2.23. The number of carbonyl (C=O) groups excluding carboxylic acids is 2. The molecule has 0 rings (SSSR count). The number of carbonyl (C=O) groups is 2. The largest absolute Gasteiger partial charge is 0.469 e. The molecule has 0 aliphatic heterocycles. The Kier molecular flexibility index (Phi) is 33.7. The number of hydrogen-bond acceptors (Lipinski definition) is 8. The van der Waals surface area contributed by atoms with Gasteiger partial charge in [0.1, 0.15) is 6.61 Å². The van der Waals surface area contributed by atoms with Gasteiger partial charge in [0, 0.05) is 12.8 Å². The molecule has 0 aromatic carbocycles. The lowest BCUT2D eigenvalue weighted by Crippen LogP contribution is -2.29. The second-order valence-electron chi connectivity index (χ2n) is 13.0. The molecule has 0 aliphatic carbocycles. The molecule has 0 bridgehead atoms. The van der Waals surface area contributed by atoms with Crippen molar-refractivity contribution in [2.75, 3.05) is 13.2 Å². The highest BCUT2D eigenvalue weighted by atomic mass is 31.2. The fourth-order valence-electron chi connectivity index (χ4n) is 4.93. The van der Waals surface area contributed by atoms with Crippen molar-refractivity contribution in [1.29, 1.82) is 0 Å². The molecule has 0 aromatic heterocycles. The summed E-state index contributed by atoms with van der Waals surface area (Å²) in [6.07, 6.45) is 38.3. The zero-order chi connectivity index (χ0) is 38.5. The first-order valence-corrected chi connectivity index (χ1v) is 21.0. The number of phosphoric ester groups is 1. The maximum Gasteiger partial charge on any atom is 0.469 e. The molecular formula is C41H69O10P. The molecule has 0 saturated heterocycles. The average Bonchev–Trinajstić information content (AvgIpc) is 3.10. The van der Waals surface area contributed by atoms with E-state index in [1.807, 2.05) is 30.4 Å². The van der Waals surface area contributed by atoms with Gasteiger partial charge in [-0.05, 0) is 57.8 Å². The van der Waals surface area contributed by atoms with Gasteiger partial charge in [0.05, 0.1) is 18.8 Å². The summed E-state index contributed by atoms with van der Waals surface area (Å²) in [7, 11) is -4.81. The summed E-state index contributed by atoms with van der Waals surface area (Å²) in [5.41, 5.74) is 0. The summed E-state index contributed by atoms with van der Waals surface area (Å²) >= 11 is 0. The first-order valence-electron chi connectivity index (χ1n) is 19.5. The van der Waals surface area contributed by atoms with Crippen LogP contribution in [0.25, 0.3) is 0 Å². The Morgan fingerprint density at radius 2 is 1.10 bits per heavy atom. The normalized spacial score (nSPS) is 14.5. The van der Waals surface area contributed by atoms with E-state index in [2.05, 4.69) is 42.7 Å². The van der Waals surface area contributed by atoms with Crippen LogP contribution in [0.5, 0.6) is 0 Å². The second-order valence-corrected chi connectivity index (χ2v) is 14.2. The van der Waals surface area contributed by atoms with Crippen molar-refractivity contribution in [2.45, 2.75) is 161 Å². The highest BCUT2D eigenvalue weighted by molar-refractivity contribution is 7.46. The molecule has 0 amide bonds. The fraction of sp³-hybridized carbons (Fsp3) is 0.659. The number of ether oxygens (including phenoxy) is 2. The maximum atomic E-state index is 12.4. The van der Waals surface area contributed by atoms with E-state index in [0.29, 0.717) is 25.7 Å². The molecule has 0 fully saturated rings. The molecule has 298 valence electrons. The van der Waals surface area contributed by atoms with Gasteiger partial charge in [0.15, 0.2) is 6.10 Å². The van der Waals surface area contributed by atoms with Crippen molar-refractivity contribution in [3.63, 3.8) is 0 Å². The van der Waals surface area contributed by atoms with Crippen LogP contribution in [0.1, 0.15) is 142 Å². The number of allylic oxidation sites excluding steroid dienone is 10. The summed E-state index contributed by atoms with van der Waals surface area (Å²) in [6.45, 7) is 3.33. The van der Waals surface area contributed by atoms with E-state index < -0.39 is 51.3 Å². The first kappa shape index (κ1) is 49.4. The molecule has 10 nitrogen and oxygen atoms in total. The quantitative estimate of drug-likeness (QED) is 0.0216. The van der Waals surface area contributed by atoms with Crippen LogP contribution in [0.2, 0.25) is 0 Å². The van der Waals surface area contributed by atoms with Gasteiger partial charge < -0.3 is 29.5 Å². The number of aliphatic hydroxyl groups excluding tert-OH is 2. The van der Waals surface area contributed by atoms with Gasteiger partial charge in [-0.2, -0.15) is 0 Å². The molecule has 0 spiro atoms. The minimum Gasteiger partial charge on any atom is -0.462 e. The maximum absolute atomic E-state index is 12.4. The van der Waals surface area contributed by atoms with Crippen LogP contribution < -0.4 is 0 Å². The SMILES string of the molecule is CCCCCC/C=C\C=C/CCCCCCCC(=O)O[C@H](COC(=O)CCC[C@@H](O)/C=C/C=C\C/C=C\C=C\[C@@H](O)CCCCC)COP(=O)(O)O. The number of rotatable bonds is 34. The summed E-state index contributed by atoms with van der Waals surface area (Å²) in [5.74, 6) is -1.14. The van der Waals surface area contributed by atoms with Crippen LogP contribution in [0.3, 0.4) is 0 Å². The first-order chi connectivity index (χ1) is 25.1. The lowest BCUT2D eigenvalue weighted by molar-refractivity contribution is -0.161. The average molecular weight is 753 g/mol. The van der Waals surface area contributed by atoms with E-state index >= 15 is 0 Å². The summed E-state index contributed by atoms with van der Waals surface area (Å²) in [6, 6.07) is 0. The lowest BCUT2D eigenvalue weighted by Gasteiger charge is -2.18. The zero-order valence-corrected chi connectivity index (χ0v) is 32.8. The van der Waals surface area contributed by atoms with Crippen LogP contribution in [-0.2, 0) is 28.2 Å². The topological polar surface area (TPSA) is 160 Å². The molecule has 11 heteroatoms. The van der Waals surface area contributed by atoms with E-state index in [0.717, 1.165) is 64.2 Å². The third-order valence-electron chi connectivity index (χ3n) is 7.93. The third-order valence-corrected chi connectivity index (χ3v) is 8.42. The van der Waals surface area contributed by atoms with E-state index in [-0.39, 0.29) is 12.8 Å². The molecule has 0 unspecified atom stereocenters. The van der Waals surface area contributed by atoms with Gasteiger partial charge in [0.2, 0.25) is 0 Å². The third kappa shape index (κ3) is 37.2.